The van der Waals surface area contributed by atoms with Crippen molar-refractivity contribution in [1.82, 2.24) is 4.31 Å². The smallest absolute Gasteiger partial charge is 0.243 e. The van der Waals surface area contributed by atoms with Gasteiger partial charge in [-0.15, -0.1) is 0 Å². The summed E-state index contributed by atoms with van der Waals surface area (Å²) in [4.78, 5) is 0.305. The molecule has 2 rings (SSSR count). The summed E-state index contributed by atoms with van der Waals surface area (Å²) in [6.45, 7) is 1.01. The van der Waals surface area contributed by atoms with E-state index in [0.29, 0.717) is 23.5 Å². The fourth-order valence-electron chi connectivity index (χ4n) is 1.93. The van der Waals surface area contributed by atoms with E-state index < -0.39 is 10.0 Å². The van der Waals surface area contributed by atoms with Gasteiger partial charge in [-0.25, -0.2) is 8.42 Å². The fraction of sp³-hybridized carbons (Fsp3) is 0.385. The number of nitrogens with zero attached hydrogens (tertiary/aromatic N) is 1. The van der Waals surface area contributed by atoms with Gasteiger partial charge in [0, 0.05) is 18.7 Å². The van der Waals surface area contributed by atoms with Crippen molar-refractivity contribution in [2.75, 3.05) is 19.7 Å². The van der Waals surface area contributed by atoms with E-state index in [0.717, 1.165) is 12.8 Å². The van der Waals surface area contributed by atoms with Crippen LogP contribution >= 0.6 is 0 Å². The first kappa shape index (κ1) is 13.1. The van der Waals surface area contributed by atoms with Crippen LogP contribution < -0.4 is 0 Å². The van der Waals surface area contributed by atoms with Crippen LogP contribution in [0.4, 0.5) is 0 Å². The molecule has 96 valence electrons. The van der Waals surface area contributed by atoms with Gasteiger partial charge in [0.25, 0.3) is 0 Å². The lowest BCUT2D eigenvalue weighted by Crippen LogP contribution is -2.27. The standard InChI is InChI=1S/C13H15NO3S/c15-11-3-4-12-5-7-13(8-6-12)18(16,17)14-9-1-2-10-14/h5-8,15H,1-2,9-11H2. The molecule has 1 aliphatic rings. The molecule has 4 nitrogen and oxygen atoms in total. The van der Waals surface area contributed by atoms with Gasteiger partial charge in [-0.2, -0.15) is 4.31 Å². The summed E-state index contributed by atoms with van der Waals surface area (Å²) in [6, 6.07) is 6.45. The van der Waals surface area contributed by atoms with E-state index in [1.807, 2.05) is 0 Å². The van der Waals surface area contributed by atoms with Crippen LogP contribution in [0, 0.1) is 11.8 Å². The molecule has 1 aliphatic heterocycles. The van der Waals surface area contributed by atoms with E-state index in [9.17, 15) is 8.42 Å². The number of hydrogen-bond donors (Lipinski definition) is 1. The van der Waals surface area contributed by atoms with Gasteiger partial charge in [0.1, 0.15) is 6.61 Å². The normalized spacial score (nSPS) is 16.3. The molecule has 1 aromatic carbocycles. The molecule has 1 heterocycles. The first-order chi connectivity index (χ1) is 8.64. The van der Waals surface area contributed by atoms with Crippen molar-refractivity contribution < 1.29 is 13.5 Å². The van der Waals surface area contributed by atoms with Crippen LogP contribution in [0.2, 0.25) is 0 Å². The molecule has 0 spiro atoms. The predicted octanol–water partition coefficient (Wildman–Crippen LogP) is 0.815. The molecule has 0 amide bonds. The predicted molar refractivity (Wildman–Crippen MR) is 68.4 cm³/mol. The zero-order chi connectivity index (χ0) is 13.0. The Hall–Kier alpha value is -1.35. The second-order valence-corrected chi connectivity index (χ2v) is 6.03. The highest BCUT2D eigenvalue weighted by atomic mass is 32.2. The van der Waals surface area contributed by atoms with E-state index >= 15 is 0 Å². The molecule has 1 fully saturated rings. The van der Waals surface area contributed by atoms with Crippen LogP contribution in [0.1, 0.15) is 18.4 Å². The Kier molecular flexibility index (Phi) is 4.02. The highest BCUT2D eigenvalue weighted by molar-refractivity contribution is 7.89. The molecule has 0 saturated carbocycles. The minimum Gasteiger partial charge on any atom is -0.384 e. The van der Waals surface area contributed by atoms with Gasteiger partial charge in [-0.3, -0.25) is 0 Å². The van der Waals surface area contributed by atoms with E-state index in [1.165, 1.54) is 4.31 Å². The zero-order valence-corrected chi connectivity index (χ0v) is 10.8. The zero-order valence-electron chi connectivity index (χ0n) is 9.96. The molecule has 0 atom stereocenters. The van der Waals surface area contributed by atoms with E-state index in [1.54, 1.807) is 24.3 Å². The molecule has 0 aromatic heterocycles. The van der Waals surface area contributed by atoms with E-state index in [-0.39, 0.29) is 6.61 Å². The lowest BCUT2D eigenvalue weighted by atomic mass is 10.2. The maximum absolute atomic E-state index is 12.2. The first-order valence-electron chi connectivity index (χ1n) is 5.84. The summed E-state index contributed by atoms with van der Waals surface area (Å²) in [6.07, 6.45) is 1.86. The van der Waals surface area contributed by atoms with Crippen LogP contribution in [-0.4, -0.2) is 37.5 Å². The fourth-order valence-corrected chi connectivity index (χ4v) is 3.45. The Morgan fingerprint density at radius 3 is 2.33 bits per heavy atom. The number of benzene rings is 1. The molecule has 1 aromatic rings. The maximum atomic E-state index is 12.2. The van der Waals surface area contributed by atoms with Gasteiger partial charge in [0.15, 0.2) is 0 Å². The van der Waals surface area contributed by atoms with Crippen molar-refractivity contribution in [1.29, 1.82) is 0 Å². The minimum absolute atomic E-state index is 0.201. The van der Waals surface area contributed by atoms with Crippen molar-refractivity contribution in [3.63, 3.8) is 0 Å². The molecule has 0 aliphatic carbocycles. The van der Waals surface area contributed by atoms with Crippen molar-refractivity contribution in [3.8, 4) is 11.8 Å². The second-order valence-electron chi connectivity index (χ2n) is 4.10. The van der Waals surface area contributed by atoms with Gasteiger partial charge in [-0.1, -0.05) is 11.8 Å². The summed E-state index contributed by atoms with van der Waals surface area (Å²) in [5, 5.41) is 8.58. The summed E-state index contributed by atoms with van der Waals surface area (Å²) in [7, 11) is -3.34. The molecule has 0 radical (unpaired) electrons. The molecule has 18 heavy (non-hydrogen) atoms. The Bertz CT molecular complexity index is 560. The Morgan fingerprint density at radius 2 is 1.78 bits per heavy atom. The number of aliphatic hydroxyl groups is 1. The average Bonchev–Trinajstić information content (AvgIpc) is 2.91. The van der Waals surface area contributed by atoms with Crippen molar-refractivity contribution in [3.05, 3.63) is 29.8 Å². The second kappa shape index (κ2) is 5.53. The third kappa shape index (κ3) is 2.72. The molecular weight excluding hydrogens is 250 g/mol. The molecule has 5 heteroatoms. The van der Waals surface area contributed by atoms with E-state index in [4.69, 9.17) is 5.11 Å². The topological polar surface area (TPSA) is 57.6 Å². The van der Waals surface area contributed by atoms with E-state index in [2.05, 4.69) is 11.8 Å². The highest BCUT2D eigenvalue weighted by Gasteiger charge is 2.26. The van der Waals surface area contributed by atoms with Crippen molar-refractivity contribution >= 4 is 10.0 Å². The number of rotatable bonds is 2. The summed E-state index contributed by atoms with van der Waals surface area (Å²) >= 11 is 0. The van der Waals surface area contributed by atoms with Crippen LogP contribution in [0.25, 0.3) is 0 Å². The molecule has 0 bridgehead atoms. The Labute approximate surface area is 107 Å². The highest BCUT2D eigenvalue weighted by Crippen LogP contribution is 2.20. The van der Waals surface area contributed by atoms with Gasteiger partial charge in [0.2, 0.25) is 10.0 Å². The molecular formula is C13H15NO3S. The number of sulfonamides is 1. The third-order valence-electron chi connectivity index (χ3n) is 2.87. The quantitative estimate of drug-likeness (QED) is 0.805. The lowest BCUT2D eigenvalue weighted by Gasteiger charge is -2.15. The third-order valence-corrected chi connectivity index (χ3v) is 4.78. The lowest BCUT2D eigenvalue weighted by molar-refractivity contribution is 0.350. The number of hydrogen-bond acceptors (Lipinski definition) is 3. The van der Waals surface area contributed by atoms with Gasteiger partial charge >= 0.3 is 0 Å². The van der Waals surface area contributed by atoms with Gasteiger partial charge in [-0.05, 0) is 37.1 Å². The molecule has 0 unspecified atom stereocenters. The van der Waals surface area contributed by atoms with Gasteiger partial charge < -0.3 is 5.11 Å². The largest absolute Gasteiger partial charge is 0.384 e. The molecule has 1 saturated heterocycles. The monoisotopic (exact) mass is 265 g/mol. The first-order valence-corrected chi connectivity index (χ1v) is 7.28. The van der Waals surface area contributed by atoms with Crippen molar-refractivity contribution in [2.45, 2.75) is 17.7 Å². The summed E-state index contributed by atoms with van der Waals surface area (Å²) in [5.41, 5.74) is 0.699. The van der Waals surface area contributed by atoms with Crippen LogP contribution in [0.3, 0.4) is 0 Å². The van der Waals surface area contributed by atoms with Crippen LogP contribution in [0.15, 0.2) is 29.2 Å². The van der Waals surface area contributed by atoms with Gasteiger partial charge in [0.05, 0.1) is 4.90 Å². The maximum Gasteiger partial charge on any atom is 0.243 e. The molecule has 1 N–H and O–H groups in total. The van der Waals surface area contributed by atoms with Crippen molar-refractivity contribution in [2.24, 2.45) is 0 Å². The SMILES string of the molecule is O=S(=O)(c1ccc(C#CCO)cc1)N1CCCC1. The van der Waals surface area contributed by atoms with Crippen LogP contribution in [-0.2, 0) is 10.0 Å². The average molecular weight is 265 g/mol. The Morgan fingerprint density at radius 1 is 1.17 bits per heavy atom. The number of aliphatic hydroxyl groups excluding tert-OH is 1. The summed E-state index contributed by atoms with van der Waals surface area (Å²) in [5.74, 6) is 5.26. The van der Waals surface area contributed by atoms with Crippen LogP contribution in [0.5, 0.6) is 0 Å². The minimum atomic E-state index is -3.34. The summed E-state index contributed by atoms with van der Waals surface area (Å²) < 4.78 is 25.9. The Balaban J connectivity index is 2.23.